The minimum absolute atomic E-state index is 0.462. The van der Waals surface area contributed by atoms with Crippen LogP contribution in [0.25, 0.3) is 0 Å². The topological polar surface area (TPSA) is 12.0 Å². The Morgan fingerprint density at radius 3 is 2.37 bits per heavy atom. The Kier molecular flexibility index (Phi) is 7.42. The molecular formula is C18H37N. The van der Waals surface area contributed by atoms with E-state index in [1.807, 2.05) is 0 Å². The van der Waals surface area contributed by atoms with Gasteiger partial charge in [0.1, 0.15) is 0 Å². The van der Waals surface area contributed by atoms with E-state index in [1.54, 1.807) is 0 Å². The largest absolute Gasteiger partial charge is 0.313 e. The van der Waals surface area contributed by atoms with Gasteiger partial charge in [-0.25, -0.2) is 0 Å². The highest BCUT2D eigenvalue weighted by Gasteiger charge is 2.33. The van der Waals surface area contributed by atoms with Crippen molar-refractivity contribution in [3.8, 4) is 0 Å². The zero-order chi connectivity index (χ0) is 14.3. The lowest BCUT2D eigenvalue weighted by Crippen LogP contribution is -2.45. The van der Waals surface area contributed by atoms with E-state index >= 15 is 0 Å². The van der Waals surface area contributed by atoms with E-state index in [-0.39, 0.29) is 0 Å². The third kappa shape index (κ3) is 5.85. The molecule has 0 aromatic heterocycles. The molecule has 0 heterocycles. The molecule has 19 heavy (non-hydrogen) atoms. The summed E-state index contributed by atoms with van der Waals surface area (Å²) in [6, 6.07) is 0.768. The highest BCUT2D eigenvalue weighted by atomic mass is 14.9. The minimum atomic E-state index is 0.462. The standard InChI is InChI=1S/C18H37N/c1-6-8-11-15(7-2)14-19-17-13-10-9-12-16(17)18(3,4)5/h15-17,19H,6-14H2,1-5H3. The molecule has 1 fully saturated rings. The molecule has 0 radical (unpaired) electrons. The molecule has 3 unspecified atom stereocenters. The first-order valence-electron chi connectivity index (χ1n) is 8.72. The summed E-state index contributed by atoms with van der Waals surface area (Å²) in [6.07, 6.45) is 11.2. The summed E-state index contributed by atoms with van der Waals surface area (Å²) in [5.41, 5.74) is 0.462. The molecule has 0 bridgehead atoms. The molecule has 3 atom stereocenters. The van der Waals surface area contributed by atoms with Crippen LogP contribution in [0.1, 0.15) is 86.0 Å². The van der Waals surface area contributed by atoms with Crippen LogP contribution in [0.3, 0.4) is 0 Å². The van der Waals surface area contributed by atoms with Gasteiger partial charge in [0, 0.05) is 6.04 Å². The summed E-state index contributed by atoms with van der Waals surface area (Å²) in [6.45, 7) is 13.2. The van der Waals surface area contributed by atoms with Crippen molar-refractivity contribution in [1.29, 1.82) is 0 Å². The second-order valence-corrected chi connectivity index (χ2v) is 7.69. The zero-order valence-electron chi connectivity index (χ0n) is 14.1. The lowest BCUT2D eigenvalue weighted by atomic mass is 9.69. The van der Waals surface area contributed by atoms with E-state index in [1.165, 1.54) is 57.9 Å². The van der Waals surface area contributed by atoms with Gasteiger partial charge in [0.15, 0.2) is 0 Å². The number of hydrogen-bond acceptors (Lipinski definition) is 1. The molecular weight excluding hydrogens is 230 g/mol. The van der Waals surface area contributed by atoms with Crippen LogP contribution < -0.4 is 5.32 Å². The van der Waals surface area contributed by atoms with Crippen molar-refractivity contribution < 1.29 is 0 Å². The maximum absolute atomic E-state index is 3.94. The lowest BCUT2D eigenvalue weighted by Gasteiger charge is -2.41. The minimum Gasteiger partial charge on any atom is -0.313 e. The lowest BCUT2D eigenvalue weighted by molar-refractivity contribution is 0.127. The Labute approximate surface area is 121 Å². The highest BCUT2D eigenvalue weighted by Crippen LogP contribution is 2.38. The Balaban J connectivity index is 2.44. The van der Waals surface area contributed by atoms with Crippen molar-refractivity contribution in [2.75, 3.05) is 6.54 Å². The van der Waals surface area contributed by atoms with Crippen LogP contribution in [0.5, 0.6) is 0 Å². The zero-order valence-corrected chi connectivity index (χ0v) is 14.1. The van der Waals surface area contributed by atoms with Crippen LogP contribution in [0.2, 0.25) is 0 Å². The van der Waals surface area contributed by atoms with Crippen molar-refractivity contribution in [2.45, 2.75) is 92.0 Å². The second-order valence-electron chi connectivity index (χ2n) is 7.69. The van der Waals surface area contributed by atoms with Gasteiger partial charge in [-0.05, 0) is 43.1 Å². The molecule has 1 N–H and O–H groups in total. The van der Waals surface area contributed by atoms with E-state index in [0.29, 0.717) is 5.41 Å². The SMILES string of the molecule is CCCCC(CC)CNC1CCCCC1C(C)(C)C. The molecule has 0 aromatic carbocycles. The van der Waals surface area contributed by atoms with Crippen LogP contribution in [0, 0.1) is 17.3 Å². The van der Waals surface area contributed by atoms with Gasteiger partial charge >= 0.3 is 0 Å². The normalized spacial score (nSPS) is 26.4. The second kappa shape index (κ2) is 8.29. The van der Waals surface area contributed by atoms with E-state index < -0.39 is 0 Å². The molecule has 0 amide bonds. The molecule has 0 saturated heterocycles. The Morgan fingerprint density at radius 1 is 1.11 bits per heavy atom. The summed E-state index contributed by atoms with van der Waals surface area (Å²) in [5, 5.41) is 3.94. The third-order valence-electron chi connectivity index (χ3n) is 5.09. The highest BCUT2D eigenvalue weighted by molar-refractivity contribution is 4.88. The first kappa shape index (κ1) is 17.0. The average Bonchev–Trinajstić information content (AvgIpc) is 2.38. The van der Waals surface area contributed by atoms with Gasteiger partial charge in [-0.1, -0.05) is 66.7 Å². The Morgan fingerprint density at radius 2 is 1.79 bits per heavy atom. The quantitative estimate of drug-likeness (QED) is 0.651. The van der Waals surface area contributed by atoms with Crippen molar-refractivity contribution in [1.82, 2.24) is 5.32 Å². The predicted octanol–water partition coefficient (Wildman–Crippen LogP) is 5.40. The summed E-state index contributed by atoms with van der Waals surface area (Å²) in [5.74, 6) is 1.76. The van der Waals surface area contributed by atoms with Gasteiger partial charge in [-0.2, -0.15) is 0 Å². The molecule has 1 rings (SSSR count). The summed E-state index contributed by atoms with van der Waals surface area (Å²) in [4.78, 5) is 0. The van der Waals surface area contributed by atoms with Gasteiger partial charge in [-0.3, -0.25) is 0 Å². The van der Waals surface area contributed by atoms with Crippen molar-refractivity contribution in [3.05, 3.63) is 0 Å². The molecule has 1 nitrogen and oxygen atoms in total. The van der Waals surface area contributed by atoms with E-state index in [2.05, 4.69) is 39.9 Å². The maximum Gasteiger partial charge on any atom is 0.0100 e. The monoisotopic (exact) mass is 267 g/mol. The Hall–Kier alpha value is -0.0400. The molecule has 0 spiro atoms. The van der Waals surface area contributed by atoms with E-state index in [4.69, 9.17) is 0 Å². The first-order valence-corrected chi connectivity index (χ1v) is 8.72. The van der Waals surface area contributed by atoms with Gasteiger partial charge in [0.2, 0.25) is 0 Å². The van der Waals surface area contributed by atoms with Crippen LogP contribution >= 0.6 is 0 Å². The van der Waals surface area contributed by atoms with Crippen LogP contribution in [0.15, 0.2) is 0 Å². The molecule has 1 heteroatoms. The third-order valence-corrected chi connectivity index (χ3v) is 5.09. The van der Waals surface area contributed by atoms with Gasteiger partial charge in [0.25, 0.3) is 0 Å². The smallest absolute Gasteiger partial charge is 0.0100 e. The van der Waals surface area contributed by atoms with Crippen molar-refractivity contribution in [3.63, 3.8) is 0 Å². The fourth-order valence-corrected chi connectivity index (χ4v) is 3.67. The summed E-state index contributed by atoms with van der Waals surface area (Å²) < 4.78 is 0. The number of rotatable bonds is 7. The van der Waals surface area contributed by atoms with Crippen molar-refractivity contribution >= 4 is 0 Å². The fourth-order valence-electron chi connectivity index (χ4n) is 3.67. The molecule has 1 aliphatic carbocycles. The van der Waals surface area contributed by atoms with Gasteiger partial charge in [0.05, 0.1) is 0 Å². The van der Waals surface area contributed by atoms with Crippen LogP contribution in [0.4, 0.5) is 0 Å². The predicted molar refractivity (Wildman–Crippen MR) is 86.5 cm³/mol. The van der Waals surface area contributed by atoms with Crippen LogP contribution in [-0.2, 0) is 0 Å². The molecule has 1 saturated carbocycles. The summed E-state index contributed by atoms with van der Waals surface area (Å²) in [7, 11) is 0. The molecule has 114 valence electrons. The van der Waals surface area contributed by atoms with Crippen molar-refractivity contribution in [2.24, 2.45) is 17.3 Å². The van der Waals surface area contributed by atoms with Gasteiger partial charge < -0.3 is 5.32 Å². The van der Waals surface area contributed by atoms with Gasteiger partial charge in [-0.15, -0.1) is 0 Å². The van der Waals surface area contributed by atoms with E-state index in [0.717, 1.165) is 17.9 Å². The number of hydrogen-bond donors (Lipinski definition) is 1. The maximum atomic E-state index is 3.94. The van der Waals surface area contributed by atoms with Crippen LogP contribution in [-0.4, -0.2) is 12.6 Å². The number of nitrogens with one attached hydrogen (secondary N) is 1. The number of unbranched alkanes of at least 4 members (excludes halogenated alkanes) is 1. The summed E-state index contributed by atoms with van der Waals surface area (Å²) >= 11 is 0. The Bertz CT molecular complexity index is 228. The molecule has 1 aliphatic rings. The fraction of sp³-hybridized carbons (Fsp3) is 1.00. The van der Waals surface area contributed by atoms with E-state index in [9.17, 15) is 0 Å². The molecule has 0 aliphatic heterocycles. The molecule has 0 aromatic rings. The average molecular weight is 268 g/mol. The first-order chi connectivity index (χ1) is 8.99.